The van der Waals surface area contributed by atoms with E-state index in [0.29, 0.717) is 13.0 Å². The van der Waals surface area contributed by atoms with Crippen molar-refractivity contribution in [2.45, 2.75) is 52.2 Å². The van der Waals surface area contributed by atoms with Gasteiger partial charge in [0.25, 0.3) is 0 Å². The highest BCUT2D eigenvalue weighted by atomic mass is 16.6. The Morgan fingerprint density at radius 1 is 1.29 bits per heavy atom. The monoisotopic (exact) mass is 291 g/mol. The van der Waals surface area contributed by atoms with Gasteiger partial charge in [-0.1, -0.05) is 18.2 Å². The van der Waals surface area contributed by atoms with E-state index < -0.39 is 11.2 Å². The molecule has 1 heterocycles. The van der Waals surface area contributed by atoms with Gasteiger partial charge in [-0.05, 0) is 57.7 Å². The van der Waals surface area contributed by atoms with Gasteiger partial charge in [-0.2, -0.15) is 0 Å². The van der Waals surface area contributed by atoms with E-state index in [0.717, 1.165) is 11.1 Å². The largest absolute Gasteiger partial charge is 0.444 e. The van der Waals surface area contributed by atoms with Crippen LogP contribution in [0.5, 0.6) is 0 Å². The summed E-state index contributed by atoms with van der Waals surface area (Å²) in [6.45, 7) is 10.4. The highest BCUT2D eigenvalue weighted by molar-refractivity contribution is 5.68. The average Bonchev–Trinajstić information content (AvgIpc) is 2.75. The Morgan fingerprint density at radius 3 is 2.52 bits per heavy atom. The van der Waals surface area contributed by atoms with Crippen LogP contribution in [0.25, 0.3) is 0 Å². The van der Waals surface area contributed by atoms with Crippen LogP contribution in [0.15, 0.2) is 18.2 Å². The van der Waals surface area contributed by atoms with Gasteiger partial charge in [-0.3, -0.25) is 0 Å². The molecule has 1 atom stereocenters. The first-order valence-electron chi connectivity index (χ1n) is 7.39. The number of amides is 1. The van der Waals surface area contributed by atoms with Gasteiger partial charge >= 0.3 is 6.09 Å². The SMILES string of the molecule is Cc1ccc(C2(O)CCN(C(=O)OC(C)(C)C)C2)cc1C. The van der Waals surface area contributed by atoms with Crippen molar-refractivity contribution in [3.05, 3.63) is 34.9 Å². The Morgan fingerprint density at radius 2 is 1.95 bits per heavy atom. The molecule has 1 aromatic rings. The predicted molar refractivity (Wildman–Crippen MR) is 82.2 cm³/mol. The molecule has 1 aliphatic rings. The Balaban J connectivity index is 2.13. The van der Waals surface area contributed by atoms with Crippen molar-refractivity contribution in [1.29, 1.82) is 0 Å². The number of aliphatic hydroxyl groups is 1. The van der Waals surface area contributed by atoms with Gasteiger partial charge in [0.15, 0.2) is 0 Å². The van der Waals surface area contributed by atoms with Gasteiger partial charge in [0, 0.05) is 6.54 Å². The molecule has 0 bridgehead atoms. The van der Waals surface area contributed by atoms with Crippen molar-refractivity contribution in [2.24, 2.45) is 0 Å². The molecule has 0 radical (unpaired) electrons. The second-order valence-corrected chi connectivity index (χ2v) is 6.98. The van der Waals surface area contributed by atoms with Crippen LogP contribution in [0.1, 0.15) is 43.9 Å². The molecular formula is C17H25NO3. The minimum atomic E-state index is -0.977. The van der Waals surface area contributed by atoms with Crippen LogP contribution >= 0.6 is 0 Å². The summed E-state index contributed by atoms with van der Waals surface area (Å²) in [5, 5.41) is 10.8. The lowest BCUT2D eigenvalue weighted by Crippen LogP contribution is -2.38. The number of aryl methyl sites for hydroxylation is 2. The van der Waals surface area contributed by atoms with E-state index in [-0.39, 0.29) is 12.6 Å². The molecule has 1 aliphatic heterocycles. The Kier molecular flexibility index (Phi) is 4.02. The summed E-state index contributed by atoms with van der Waals surface area (Å²) in [5.74, 6) is 0. The maximum atomic E-state index is 12.1. The third-order valence-electron chi connectivity index (χ3n) is 3.94. The second-order valence-electron chi connectivity index (χ2n) is 6.98. The highest BCUT2D eigenvalue weighted by Crippen LogP contribution is 2.33. The van der Waals surface area contributed by atoms with Crippen molar-refractivity contribution in [1.82, 2.24) is 4.90 Å². The Bertz CT molecular complexity index is 547. The highest BCUT2D eigenvalue weighted by Gasteiger charge is 2.41. The lowest BCUT2D eigenvalue weighted by molar-refractivity contribution is 0.0140. The summed E-state index contributed by atoms with van der Waals surface area (Å²) in [5.41, 5.74) is 1.73. The minimum Gasteiger partial charge on any atom is -0.444 e. The van der Waals surface area contributed by atoms with E-state index in [1.807, 2.05) is 52.8 Å². The number of hydrogen-bond donors (Lipinski definition) is 1. The molecule has 0 spiro atoms. The molecule has 4 nitrogen and oxygen atoms in total. The van der Waals surface area contributed by atoms with Crippen molar-refractivity contribution in [3.63, 3.8) is 0 Å². The maximum absolute atomic E-state index is 12.1. The van der Waals surface area contributed by atoms with Crippen molar-refractivity contribution in [3.8, 4) is 0 Å². The van der Waals surface area contributed by atoms with Crippen LogP contribution in [-0.4, -0.2) is 34.8 Å². The van der Waals surface area contributed by atoms with E-state index in [9.17, 15) is 9.90 Å². The smallest absolute Gasteiger partial charge is 0.410 e. The molecule has 1 N–H and O–H groups in total. The lowest BCUT2D eigenvalue weighted by atomic mass is 9.91. The molecule has 116 valence electrons. The predicted octanol–water partition coefficient (Wildman–Crippen LogP) is 3.13. The number of likely N-dealkylation sites (tertiary alicyclic amines) is 1. The number of hydrogen-bond acceptors (Lipinski definition) is 3. The van der Waals surface area contributed by atoms with Crippen LogP contribution in [0.3, 0.4) is 0 Å². The maximum Gasteiger partial charge on any atom is 0.410 e. The summed E-state index contributed by atoms with van der Waals surface area (Å²) >= 11 is 0. The average molecular weight is 291 g/mol. The normalized spacial score (nSPS) is 22.5. The summed E-state index contributed by atoms with van der Waals surface area (Å²) in [6.07, 6.45) is 0.177. The van der Waals surface area contributed by atoms with E-state index in [1.54, 1.807) is 4.90 Å². The zero-order valence-electron chi connectivity index (χ0n) is 13.6. The molecule has 0 aromatic heterocycles. The Labute approximate surface area is 126 Å². The first kappa shape index (κ1) is 15.8. The third-order valence-corrected chi connectivity index (χ3v) is 3.94. The number of ether oxygens (including phenoxy) is 1. The van der Waals surface area contributed by atoms with E-state index in [2.05, 4.69) is 0 Å². The molecule has 1 amide bonds. The third kappa shape index (κ3) is 3.56. The van der Waals surface area contributed by atoms with Crippen LogP contribution in [0.4, 0.5) is 4.79 Å². The van der Waals surface area contributed by atoms with Crippen molar-refractivity contribution in [2.75, 3.05) is 13.1 Å². The van der Waals surface area contributed by atoms with Crippen LogP contribution in [-0.2, 0) is 10.3 Å². The van der Waals surface area contributed by atoms with E-state index >= 15 is 0 Å². The molecule has 1 aromatic carbocycles. The van der Waals surface area contributed by atoms with Gasteiger partial charge in [0.2, 0.25) is 0 Å². The van der Waals surface area contributed by atoms with E-state index in [4.69, 9.17) is 4.74 Å². The summed E-state index contributed by atoms with van der Waals surface area (Å²) in [4.78, 5) is 13.7. The fourth-order valence-electron chi connectivity index (χ4n) is 2.54. The first-order chi connectivity index (χ1) is 9.61. The number of rotatable bonds is 1. The van der Waals surface area contributed by atoms with Crippen molar-refractivity contribution < 1.29 is 14.6 Å². The number of β-amino-alcohol motifs (C(OH)–C–C–N with tert-alkyl or cyclic N) is 1. The molecule has 1 saturated heterocycles. The standard InChI is InChI=1S/C17H25NO3/c1-12-6-7-14(10-13(12)2)17(20)8-9-18(11-17)15(19)21-16(3,4)5/h6-7,10,20H,8-9,11H2,1-5H3. The second kappa shape index (κ2) is 5.34. The lowest BCUT2D eigenvalue weighted by Gasteiger charge is -2.27. The van der Waals surface area contributed by atoms with Gasteiger partial charge in [-0.25, -0.2) is 4.79 Å². The summed E-state index contributed by atoms with van der Waals surface area (Å²) < 4.78 is 5.37. The molecule has 2 rings (SSSR count). The minimum absolute atomic E-state index is 0.282. The van der Waals surface area contributed by atoms with Crippen LogP contribution in [0, 0.1) is 13.8 Å². The zero-order chi connectivity index (χ0) is 15.8. The zero-order valence-corrected chi connectivity index (χ0v) is 13.6. The molecule has 21 heavy (non-hydrogen) atoms. The molecule has 1 unspecified atom stereocenters. The van der Waals surface area contributed by atoms with Crippen LogP contribution < -0.4 is 0 Å². The van der Waals surface area contributed by atoms with Gasteiger partial charge in [0.05, 0.1) is 6.54 Å². The number of carbonyl (C=O) groups excluding carboxylic acids is 1. The number of benzene rings is 1. The summed E-state index contributed by atoms with van der Waals surface area (Å²) in [6, 6.07) is 5.97. The van der Waals surface area contributed by atoms with Gasteiger partial charge in [-0.15, -0.1) is 0 Å². The number of nitrogens with zero attached hydrogens (tertiary/aromatic N) is 1. The molecule has 0 saturated carbocycles. The van der Waals surface area contributed by atoms with Gasteiger partial charge in [0.1, 0.15) is 11.2 Å². The summed E-state index contributed by atoms with van der Waals surface area (Å²) in [7, 11) is 0. The fourth-order valence-corrected chi connectivity index (χ4v) is 2.54. The quantitative estimate of drug-likeness (QED) is 0.865. The molecule has 4 heteroatoms. The first-order valence-corrected chi connectivity index (χ1v) is 7.39. The molecule has 0 aliphatic carbocycles. The fraction of sp³-hybridized carbons (Fsp3) is 0.588. The van der Waals surface area contributed by atoms with Crippen LogP contribution in [0.2, 0.25) is 0 Å². The Hall–Kier alpha value is -1.55. The van der Waals surface area contributed by atoms with E-state index in [1.165, 1.54) is 5.56 Å². The van der Waals surface area contributed by atoms with Gasteiger partial charge < -0.3 is 14.7 Å². The number of carbonyl (C=O) groups is 1. The molecular weight excluding hydrogens is 266 g/mol. The molecule has 1 fully saturated rings. The van der Waals surface area contributed by atoms with Crippen molar-refractivity contribution >= 4 is 6.09 Å². The topological polar surface area (TPSA) is 49.8 Å².